The fourth-order valence-corrected chi connectivity index (χ4v) is 2.05. The third-order valence-corrected chi connectivity index (χ3v) is 3.32. The molecule has 2 aromatic rings. The molecule has 0 bridgehead atoms. The van der Waals surface area contributed by atoms with Crippen molar-refractivity contribution >= 4 is 5.91 Å². The van der Waals surface area contributed by atoms with E-state index in [0.717, 1.165) is 5.56 Å². The predicted molar refractivity (Wildman–Crippen MR) is 84.0 cm³/mol. The standard InChI is InChI=1S/C18H21NO2/c1-15(17-10-6-3-7-11-17)12-19-18(20)14-21-13-16-8-4-2-5-9-16/h2-11,15H,12-14H2,1H3,(H,19,20). The lowest BCUT2D eigenvalue weighted by atomic mass is 10.0. The van der Waals surface area contributed by atoms with Gasteiger partial charge in [-0.2, -0.15) is 0 Å². The van der Waals surface area contributed by atoms with Crippen molar-refractivity contribution in [3.63, 3.8) is 0 Å². The smallest absolute Gasteiger partial charge is 0.246 e. The molecule has 1 N–H and O–H groups in total. The van der Waals surface area contributed by atoms with Gasteiger partial charge in [-0.15, -0.1) is 0 Å². The number of rotatable bonds is 7. The number of ether oxygens (including phenoxy) is 1. The Kier molecular flexibility index (Phi) is 5.98. The van der Waals surface area contributed by atoms with Gasteiger partial charge >= 0.3 is 0 Å². The molecule has 0 saturated heterocycles. The van der Waals surface area contributed by atoms with Gasteiger partial charge in [0, 0.05) is 6.54 Å². The molecule has 0 saturated carbocycles. The van der Waals surface area contributed by atoms with Crippen LogP contribution in [-0.2, 0) is 16.1 Å². The van der Waals surface area contributed by atoms with Gasteiger partial charge in [0.15, 0.2) is 0 Å². The molecule has 2 rings (SSSR count). The Balaban J connectivity index is 1.66. The van der Waals surface area contributed by atoms with Crippen LogP contribution in [0.3, 0.4) is 0 Å². The van der Waals surface area contributed by atoms with E-state index < -0.39 is 0 Å². The molecule has 3 heteroatoms. The monoisotopic (exact) mass is 283 g/mol. The van der Waals surface area contributed by atoms with Gasteiger partial charge in [0.05, 0.1) is 6.61 Å². The molecule has 0 spiro atoms. The Hall–Kier alpha value is -2.13. The molecule has 1 atom stereocenters. The maximum atomic E-state index is 11.7. The van der Waals surface area contributed by atoms with Crippen molar-refractivity contribution in [3.8, 4) is 0 Å². The number of nitrogens with one attached hydrogen (secondary N) is 1. The molecule has 110 valence electrons. The topological polar surface area (TPSA) is 38.3 Å². The molecule has 0 aromatic heterocycles. The maximum Gasteiger partial charge on any atom is 0.246 e. The van der Waals surface area contributed by atoms with E-state index >= 15 is 0 Å². The van der Waals surface area contributed by atoms with E-state index in [0.29, 0.717) is 19.1 Å². The third kappa shape index (κ3) is 5.40. The number of carbonyl (C=O) groups excluding carboxylic acids is 1. The summed E-state index contributed by atoms with van der Waals surface area (Å²) < 4.78 is 5.41. The number of benzene rings is 2. The van der Waals surface area contributed by atoms with Crippen molar-refractivity contribution in [3.05, 3.63) is 71.8 Å². The molecule has 0 fully saturated rings. The van der Waals surface area contributed by atoms with E-state index in [2.05, 4.69) is 24.4 Å². The quantitative estimate of drug-likeness (QED) is 0.848. The van der Waals surface area contributed by atoms with Gasteiger partial charge < -0.3 is 10.1 Å². The van der Waals surface area contributed by atoms with Gasteiger partial charge in [0.2, 0.25) is 5.91 Å². The molecule has 2 aromatic carbocycles. The molecular weight excluding hydrogens is 262 g/mol. The normalized spacial score (nSPS) is 11.9. The largest absolute Gasteiger partial charge is 0.367 e. The van der Waals surface area contributed by atoms with Gasteiger partial charge in [-0.3, -0.25) is 4.79 Å². The second-order valence-corrected chi connectivity index (χ2v) is 5.09. The molecule has 3 nitrogen and oxygen atoms in total. The van der Waals surface area contributed by atoms with E-state index in [-0.39, 0.29) is 12.5 Å². The van der Waals surface area contributed by atoms with Crippen LogP contribution in [0.25, 0.3) is 0 Å². The average Bonchev–Trinajstić information content (AvgIpc) is 2.54. The molecule has 1 unspecified atom stereocenters. The fourth-order valence-electron chi connectivity index (χ4n) is 2.05. The number of hydrogen-bond donors (Lipinski definition) is 1. The highest BCUT2D eigenvalue weighted by Crippen LogP contribution is 2.12. The molecule has 0 aliphatic heterocycles. The highest BCUT2D eigenvalue weighted by Gasteiger charge is 2.07. The van der Waals surface area contributed by atoms with Crippen LogP contribution >= 0.6 is 0 Å². The Bertz CT molecular complexity index is 540. The van der Waals surface area contributed by atoms with E-state index in [1.54, 1.807) is 0 Å². The second kappa shape index (κ2) is 8.22. The van der Waals surface area contributed by atoms with Crippen LogP contribution in [0.5, 0.6) is 0 Å². The highest BCUT2D eigenvalue weighted by atomic mass is 16.5. The zero-order valence-corrected chi connectivity index (χ0v) is 12.3. The lowest BCUT2D eigenvalue weighted by Gasteiger charge is -2.13. The third-order valence-electron chi connectivity index (χ3n) is 3.32. The Morgan fingerprint density at radius 2 is 1.67 bits per heavy atom. The molecule has 0 radical (unpaired) electrons. The van der Waals surface area contributed by atoms with E-state index in [1.165, 1.54) is 5.56 Å². The number of amides is 1. The van der Waals surface area contributed by atoms with Crippen LogP contribution in [-0.4, -0.2) is 19.1 Å². The first-order chi connectivity index (χ1) is 10.3. The summed E-state index contributed by atoms with van der Waals surface area (Å²) in [5, 5.41) is 2.90. The van der Waals surface area contributed by atoms with Gasteiger partial charge in [-0.05, 0) is 17.0 Å². The van der Waals surface area contributed by atoms with Crippen molar-refractivity contribution < 1.29 is 9.53 Å². The van der Waals surface area contributed by atoms with Crippen molar-refractivity contribution in [1.82, 2.24) is 5.32 Å². The van der Waals surface area contributed by atoms with Gasteiger partial charge in [-0.1, -0.05) is 67.6 Å². The summed E-state index contributed by atoms with van der Waals surface area (Å²) in [6.07, 6.45) is 0. The maximum absolute atomic E-state index is 11.7. The molecule has 0 aliphatic rings. The highest BCUT2D eigenvalue weighted by molar-refractivity contribution is 5.77. The minimum atomic E-state index is -0.0753. The first-order valence-corrected chi connectivity index (χ1v) is 7.19. The summed E-state index contributed by atoms with van der Waals surface area (Å²) >= 11 is 0. The van der Waals surface area contributed by atoms with E-state index in [4.69, 9.17) is 4.74 Å². The Morgan fingerprint density at radius 3 is 2.33 bits per heavy atom. The summed E-state index contributed by atoms with van der Waals surface area (Å²) in [5.74, 6) is 0.220. The Morgan fingerprint density at radius 1 is 1.05 bits per heavy atom. The number of carbonyl (C=O) groups is 1. The van der Waals surface area contributed by atoms with Gasteiger partial charge in [0.25, 0.3) is 0 Å². The van der Waals surface area contributed by atoms with Crippen LogP contribution < -0.4 is 5.32 Å². The summed E-state index contributed by atoms with van der Waals surface area (Å²) in [6, 6.07) is 20.0. The van der Waals surface area contributed by atoms with Gasteiger partial charge in [0.1, 0.15) is 6.61 Å². The van der Waals surface area contributed by atoms with Crippen LogP contribution in [0.2, 0.25) is 0 Å². The van der Waals surface area contributed by atoms with Crippen molar-refractivity contribution in [2.24, 2.45) is 0 Å². The van der Waals surface area contributed by atoms with Crippen molar-refractivity contribution in [1.29, 1.82) is 0 Å². The van der Waals surface area contributed by atoms with Crippen LogP contribution in [0.4, 0.5) is 0 Å². The lowest BCUT2D eigenvalue weighted by molar-refractivity contribution is -0.126. The summed E-state index contributed by atoms with van der Waals surface area (Å²) in [5.41, 5.74) is 2.30. The molecule has 21 heavy (non-hydrogen) atoms. The second-order valence-electron chi connectivity index (χ2n) is 5.09. The van der Waals surface area contributed by atoms with Crippen LogP contribution in [0.15, 0.2) is 60.7 Å². The minimum absolute atomic E-state index is 0.0753. The zero-order chi connectivity index (χ0) is 14.9. The fraction of sp³-hybridized carbons (Fsp3) is 0.278. The zero-order valence-electron chi connectivity index (χ0n) is 12.3. The summed E-state index contributed by atoms with van der Waals surface area (Å²) in [6.45, 7) is 3.27. The SMILES string of the molecule is CC(CNC(=O)COCc1ccccc1)c1ccccc1. The molecular formula is C18H21NO2. The van der Waals surface area contributed by atoms with Gasteiger partial charge in [-0.25, -0.2) is 0 Å². The number of hydrogen-bond acceptors (Lipinski definition) is 2. The molecule has 1 amide bonds. The van der Waals surface area contributed by atoms with Crippen LogP contribution in [0.1, 0.15) is 24.0 Å². The van der Waals surface area contributed by atoms with Crippen molar-refractivity contribution in [2.45, 2.75) is 19.4 Å². The van der Waals surface area contributed by atoms with Crippen LogP contribution in [0, 0.1) is 0 Å². The van der Waals surface area contributed by atoms with Crippen molar-refractivity contribution in [2.75, 3.05) is 13.2 Å². The predicted octanol–water partition coefficient (Wildman–Crippen LogP) is 3.12. The molecule has 0 heterocycles. The molecule has 0 aliphatic carbocycles. The first-order valence-electron chi connectivity index (χ1n) is 7.19. The van der Waals surface area contributed by atoms with E-state index in [1.807, 2.05) is 48.5 Å². The lowest BCUT2D eigenvalue weighted by Crippen LogP contribution is -2.30. The summed E-state index contributed by atoms with van der Waals surface area (Å²) in [4.78, 5) is 11.7. The summed E-state index contributed by atoms with van der Waals surface area (Å²) in [7, 11) is 0. The Labute approximate surface area is 126 Å². The average molecular weight is 283 g/mol. The first kappa shape index (κ1) is 15.3. The van der Waals surface area contributed by atoms with E-state index in [9.17, 15) is 4.79 Å². The minimum Gasteiger partial charge on any atom is -0.367 e.